The number of aliphatic hydroxyl groups is 1. The maximum absolute atomic E-state index is 14.7. The van der Waals surface area contributed by atoms with Gasteiger partial charge in [0.25, 0.3) is 0 Å². The van der Waals surface area contributed by atoms with E-state index in [1.54, 1.807) is 13.0 Å². The van der Waals surface area contributed by atoms with Crippen LogP contribution in [0.5, 0.6) is 5.75 Å². The highest BCUT2D eigenvalue weighted by Crippen LogP contribution is 2.56. The third-order valence-corrected chi connectivity index (χ3v) is 7.24. The Labute approximate surface area is 171 Å². The monoisotopic (exact) mass is 426 g/mol. The van der Waals surface area contributed by atoms with Gasteiger partial charge in [0.15, 0.2) is 11.6 Å². The second-order valence-corrected chi connectivity index (χ2v) is 9.09. The average molecular weight is 427 g/mol. The molecule has 1 atom stereocenters. The minimum atomic E-state index is -1.13. The zero-order valence-electron chi connectivity index (χ0n) is 16.4. The molecule has 0 aliphatic heterocycles. The number of anilines is 3. The molecule has 1 unspecified atom stereocenters. The standard InChI is InChI=1S/C21H25F3N2O2S/c1-13-5-6-16(14(22)11-13)25-20-18(24)15(23)12-17(28-2)19(20)26-29(3)21(8-9-21)7-4-10-27/h5-6,11-12,25-27H,3-4,7-10H2,1-2H3. The SMILES string of the molecule is C=S(Nc1c(OC)cc(F)c(F)c1Nc1ccc(C)cc1F)C1(CCCO)CC1. The lowest BCUT2D eigenvalue weighted by Gasteiger charge is -2.25. The van der Waals surface area contributed by atoms with Gasteiger partial charge in [-0.15, -0.1) is 0 Å². The molecule has 1 fully saturated rings. The highest BCUT2D eigenvalue weighted by Gasteiger charge is 2.44. The summed E-state index contributed by atoms with van der Waals surface area (Å²) in [4.78, 5) is 0. The van der Waals surface area contributed by atoms with Gasteiger partial charge < -0.3 is 19.9 Å². The molecule has 3 N–H and O–H groups in total. The average Bonchev–Trinajstić information content (AvgIpc) is 3.48. The molecule has 0 amide bonds. The van der Waals surface area contributed by atoms with Crippen molar-refractivity contribution in [2.75, 3.05) is 23.8 Å². The minimum Gasteiger partial charge on any atom is -0.494 e. The number of halogens is 3. The van der Waals surface area contributed by atoms with Crippen LogP contribution in [0.2, 0.25) is 0 Å². The summed E-state index contributed by atoms with van der Waals surface area (Å²) in [6, 6.07) is 5.41. The first-order valence-electron chi connectivity index (χ1n) is 9.32. The number of aliphatic hydroxyl groups excluding tert-OH is 1. The Bertz CT molecular complexity index is 933. The topological polar surface area (TPSA) is 53.5 Å². The predicted molar refractivity (Wildman–Crippen MR) is 114 cm³/mol. The van der Waals surface area contributed by atoms with Crippen molar-refractivity contribution < 1.29 is 23.0 Å². The first-order valence-corrected chi connectivity index (χ1v) is 10.7. The van der Waals surface area contributed by atoms with E-state index >= 15 is 0 Å². The van der Waals surface area contributed by atoms with Crippen LogP contribution in [0.25, 0.3) is 0 Å². The molecule has 4 nitrogen and oxygen atoms in total. The van der Waals surface area contributed by atoms with Crippen molar-refractivity contribution in [2.24, 2.45) is 0 Å². The number of rotatable bonds is 9. The van der Waals surface area contributed by atoms with Gasteiger partial charge in [-0.25, -0.2) is 13.2 Å². The first-order chi connectivity index (χ1) is 13.8. The number of methoxy groups -OCH3 is 1. The molecular weight excluding hydrogens is 401 g/mol. The molecule has 0 aromatic heterocycles. The molecule has 0 radical (unpaired) electrons. The lowest BCUT2D eigenvalue weighted by Crippen LogP contribution is -2.13. The van der Waals surface area contributed by atoms with E-state index in [-0.39, 0.29) is 34.2 Å². The van der Waals surface area contributed by atoms with Gasteiger partial charge in [0, 0.05) is 17.4 Å². The molecule has 0 bridgehead atoms. The Morgan fingerprint density at radius 3 is 2.48 bits per heavy atom. The van der Waals surface area contributed by atoms with Crippen LogP contribution in [-0.2, 0) is 0 Å². The number of hydrogen-bond acceptors (Lipinski definition) is 4. The third-order valence-electron chi connectivity index (χ3n) is 5.13. The van der Waals surface area contributed by atoms with Crippen molar-refractivity contribution in [3.05, 3.63) is 47.3 Å². The summed E-state index contributed by atoms with van der Waals surface area (Å²) in [7, 11) is 0.715. The van der Waals surface area contributed by atoms with E-state index in [9.17, 15) is 13.2 Å². The van der Waals surface area contributed by atoms with Crippen molar-refractivity contribution >= 4 is 33.6 Å². The summed E-state index contributed by atoms with van der Waals surface area (Å²) in [6.07, 6.45) is 3.31. The largest absolute Gasteiger partial charge is 0.494 e. The van der Waals surface area contributed by atoms with Gasteiger partial charge >= 0.3 is 0 Å². The fraction of sp³-hybridized carbons (Fsp3) is 0.381. The van der Waals surface area contributed by atoms with Crippen molar-refractivity contribution in [1.82, 2.24) is 0 Å². The van der Waals surface area contributed by atoms with Crippen molar-refractivity contribution in [1.29, 1.82) is 0 Å². The van der Waals surface area contributed by atoms with Crippen molar-refractivity contribution in [2.45, 2.75) is 37.4 Å². The summed E-state index contributed by atoms with van der Waals surface area (Å²) in [5.41, 5.74) is 0.696. The molecule has 158 valence electrons. The van der Waals surface area contributed by atoms with E-state index in [0.717, 1.165) is 25.3 Å². The Kier molecular flexibility index (Phi) is 6.43. The zero-order chi connectivity index (χ0) is 21.2. The van der Waals surface area contributed by atoms with E-state index in [0.29, 0.717) is 12.0 Å². The van der Waals surface area contributed by atoms with Gasteiger partial charge in [-0.05, 0) is 50.3 Å². The number of aryl methyl sites for hydroxylation is 1. The molecular formula is C21H25F3N2O2S. The molecule has 0 heterocycles. The van der Waals surface area contributed by atoms with Crippen LogP contribution >= 0.6 is 10.7 Å². The Morgan fingerprint density at radius 1 is 1.17 bits per heavy atom. The summed E-state index contributed by atoms with van der Waals surface area (Å²) in [5, 5.41) is 11.8. The minimum absolute atomic E-state index is 0.0237. The van der Waals surface area contributed by atoms with Crippen LogP contribution in [0.4, 0.5) is 30.2 Å². The van der Waals surface area contributed by atoms with Gasteiger partial charge in [-0.1, -0.05) is 22.6 Å². The maximum atomic E-state index is 14.7. The molecule has 0 spiro atoms. The summed E-state index contributed by atoms with van der Waals surface area (Å²) in [5.74, 6) is 1.47. The lowest BCUT2D eigenvalue weighted by molar-refractivity contribution is 0.283. The van der Waals surface area contributed by atoms with E-state index < -0.39 is 28.1 Å². The molecule has 1 saturated carbocycles. The molecule has 2 aromatic carbocycles. The molecule has 3 rings (SSSR count). The van der Waals surface area contributed by atoms with Gasteiger partial charge in [0.2, 0.25) is 0 Å². The van der Waals surface area contributed by atoms with E-state index in [1.807, 2.05) is 0 Å². The normalized spacial score (nSPS) is 15.7. The van der Waals surface area contributed by atoms with Crippen LogP contribution in [-0.4, -0.2) is 29.4 Å². The zero-order valence-corrected chi connectivity index (χ0v) is 17.3. The molecule has 1 aliphatic rings. The van der Waals surface area contributed by atoms with Crippen LogP contribution in [0.1, 0.15) is 31.2 Å². The lowest BCUT2D eigenvalue weighted by atomic mass is 10.2. The fourth-order valence-corrected chi connectivity index (χ4v) is 4.88. The molecule has 1 aliphatic carbocycles. The quantitative estimate of drug-likeness (QED) is 0.464. The number of nitrogens with one attached hydrogen (secondary N) is 2. The smallest absolute Gasteiger partial charge is 0.184 e. The molecule has 8 heteroatoms. The Hall–Kier alpha value is -2.19. The second kappa shape index (κ2) is 8.67. The van der Waals surface area contributed by atoms with Crippen LogP contribution < -0.4 is 14.8 Å². The van der Waals surface area contributed by atoms with Crippen molar-refractivity contribution in [3.8, 4) is 5.75 Å². The van der Waals surface area contributed by atoms with Gasteiger partial charge in [0.05, 0.1) is 12.8 Å². The maximum Gasteiger partial charge on any atom is 0.184 e. The molecule has 29 heavy (non-hydrogen) atoms. The first kappa shape index (κ1) is 21.5. The van der Waals surface area contributed by atoms with Gasteiger partial charge in [-0.2, -0.15) is 0 Å². The van der Waals surface area contributed by atoms with Gasteiger partial charge in [-0.3, -0.25) is 0 Å². The molecule has 2 aromatic rings. The van der Waals surface area contributed by atoms with E-state index in [1.165, 1.54) is 19.2 Å². The van der Waals surface area contributed by atoms with Crippen molar-refractivity contribution in [3.63, 3.8) is 0 Å². The molecule has 0 saturated heterocycles. The van der Waals surface area contributed by atoms with E-state index in [4.69, 9.17) is 9.84 Å². The van der Waals surface area contributed by atoms with Gasteiger partial charge in [0.1, 0.15) is 22.9 Å². The Morgan fingerprint density at radius 2 is 1.90 bits per heavy atom. The number of hydrogen-bond donors (Lipinski definition) is 3. The summed E-state index contributed by atoms with van der Waals surface area (Å²) >= 11 is 0. The van der Waals surface area contributed by atoms with E-state index in [2.05, 4.69) is 15.9 Å². The third kappa shape index (κ3) is 4.53. The van der Waals surface area contributed by atoms with Crippen LogP contribution in [0, 0.1) is 24.4 Å². The van der Waals surface area contributed by atoms with Crippen LogP contribution in [0.15, 0.2) is 24.3 Å². The fourth-order valence-electron chi connectivity index (χ4n) is 3.23. The highest BCUT2D eigenvalue weighted by molar-refractivity contribution is 8.16. The van der Waals surface area contributed by atoms with Crippen LogP contribution in [0.3, 0.4) is 0 Å². The Balaban J connectivity index is 1.99. The predicted octanol–water partition coefficient (Wildman–Crippen LogP) is 5.50. The summed E-state index contributed by atoms with van der Waals surface area (Å²) < 4.78 is 51.6. The number of benzene rings is 2. The highest BCUT2D eigenvalue weighted by atomic mass is 32.2. The number of ether oxygens (including phenoxy) is 1. The second-order valence-electron chi connectivity index (χ2n) is 7.24. The summed E-state index contributed by atoms with van der Waals surface area (Å²) in [6.45, 7) is 1.83.